The summed E-state index contributed by atoms with van der Waals surface area (Å²) in [6.07, 6.45) is -2.43. The van der Waals surface area contributed by atoms with Crippen LogP contribution in [0.4, 0.5) is 4.39 Å². The average molecular weight is 260 g/mol. The highest BCUT2D eigenvalue weighted by Crippen LogP contribution is 2.24. The highest BCUT2D eigenvalue weighted by molar-refractivity contribution is 7.80. The normalized spacial score (nSPS) is 14.4. The Labute approximate surface area is 103 Å². The number of aliphatic hydroxyl groups is 2. The Kier molecular flexibility index (Phi) is 4.92. The number of carboxylic acid groups (broad SMARTS) is 1. The van der Waals surface area contributed by atoms with Crippen LogP contribution in [0.25, 0.3) is 0 Å². The second kappa shape index (κ2) is 6.00. The van der Waals surface area contributed by atoms with Gasteiger partial charge in [-0.2, -0.15) is 12.6 Å². The molecule has 0 aliphatic carbocycles. The van der Waals surface area contributed by atoms with Crippen molar-refractivity contribution in [2.75, 3.05) is 5.75 Å². The molecule has 1 rings (SSSR count). The van der Waals surface area contributed by atoms with Crippen molar-refractivity contribution in [2.24, 2.45) is 0 Å². The predicted molar refractivity (Wildman–Crippen MR) is 62.8 cm³/mol. The Morgan fingerprint density at radius 2 is 2.06 bits per heavy atom. The van der Waals surface area contributed by atoms with Crippen LogP contribution in [-0.4, -0.2) is 33.1 Å². The monoisotopic (exact) mass is 260 g/mol. The lowest BCUT2D eigenvalue weighted by Crippen LogP contribution is -2.21. The highest BCUT2D eigenvalue weighted by Gasteiger charge is 2.23. The van der Waals surface area contributed by atoms with E-state index in [-0.39, 0.29) is 17.5 Å². The maximum atomic E-state index is 13.0. The molecule has 0 radical (unpaired) electrons. The number of hydrogen-bond donors (Lipinski definition) is 4. The van der Waals surface area contributed by atoms with E-state index in [0.717, 1.165) is 18.2 Å². The first-order chi connectivity index (χ1) is 7.97. The number of hydrogen-bond acceptors (Lipinski definition) is 4. The molecule has 0 spiro atoms. The van der Waals surface area contributed by atoms with E-state index in [0.29, 0.717) is 5.75 Å². The van der Waals surface area contributed by atoms with Gasteiger partial charge in [0.05, 0.1) is 11.7 Å². The molecule has 6 heteroatoms. The largest absolute Gasteiger partial charge is 0.478 e. The highest BCUT2D eigenvalue weighted by atomic mass is 32.1. The Morgan fingerprint density at radius 3 is 2.59 bits per heavy atom. The molecule has 17 heavy (non-hydrogen) atoms. The molecule has 0 aliphatic heterocycles. The molecule has 1 aromatic rings. The molecule has 0 amide bonds. The Balaban J connectivity index is 3.10. The van der Waals surface area contributed by atoms with Crippen LogP contribution < -0.4 is 0 Å². The van der Waals surface area contributed by atoms with E-state index in [9.17, 15) is 19.4 Å². The zero-order chi connectivity index (χ0) is 13.0. The molecule has 0 heterocycles. The fourth-order valence-electron chi connectivity index (χ4n) is 1.47. The molecule has 0 bridgehead atoms. The molecule has 2 atom stereocenters. The van der Waals surface area contributed by atoms with Crippen molar-refractivity contribution in [1.29, 1.82) is 0 Å². The van der Waals surface area contributed by atoms with Gasteiger partial charge in [0.1, 0.15) is 11.9 Å². The zero-order valence-electron chi connectivity index (χ0n) is 8.88. The predicted octanol–water partition coefficient (Wildman–Crippen LogP) is 1.24. The van der Waals surface area contributed by atoms with Gasteiger partial charge in [-0.15, -0.1) is 0 Å². The van der Waals surface area contributed by atoms with Crippen molar-refractivity contribution < 1.29 is 24.5 Å². The van der Waals surface area contributed by atoms with E-state index in [1.807, 2.05) is 0 Å². The van der Waals surface area contributed by atoms with Crippen LogP contribution in [0.2, 0.25) is 0 Å². The van der Waals surface area contributed by atoms with Crippen LogP contribution >= 0.6 is 12.6 Å². The molecule has 0 aromatic heterocycles. The van der Waals surface area contributed by atoms with Gasteiger partial charge in [0.15, 0.2) is 0 Å². The zero-order valence-corrected chi connectivity index (χ0v) is 9.77. The first-order valence-corrected chi connectivity index (χ1v) is 5.60. The fraction of sp³-hybridized carbons (Fsp3) is 0.364. The quantitative estimate of drug-likeness (QED) is 0.601. The first kappa shape index (κ1) is 14.0. The number of thiol groups is 1. The molecule has 0 saturated heterocycles. The van der Waals surface area contributed by atoms with Crippen LogP contribution in [0.15, 0.2) is 18.2 Å². The first-order valence-electron chi connectivity index (χ1n) is 4.97. The summed E-state index contributed by atoms with van der Waals surface area (Å²) in [4.78, 5) is 10.9. The minimum Gasteiger partial charge on any atom is -0.478 e. The van der Waals surface area contributed by atoms with E-state index < -0.39 is 24.0 Å². The summed E-state index contributed by atoms with van der Waals surface area (Å²) in [5.41, 5.74) is -0.358. The fourth-order valence-corrected chi connectivity index (χ4v) is 1.73. The third kappa shape index (κ3) is 3.42. The lowest BCUT2D eigenvalue weighted by Gasteiger charge is -2.19. The third-order valence-corrected chi connectivity index (χ3v) is 2.61. The van der Waals surface area contributed by atoms with Gasteiger partial charge in [0.2, 0.25) is 0 Å². The third-order valence-electron chi connectivity index (χ3n) is 2.35. The number of aromatic carboxylic acids is 1. The average Bonchev–Trinajstić information content (AvgIpc) is 2.27. The van der Waals surface area contributed by atoms with Crippen molar-refractivity contribution in [1.82, 2.24) is 0 Å². The number of carbonyl (C=O) groups is 1. The van der Waals surface area contributed by atoms with Crippen molar-refractivity contribution in [3.8, 4) is 0 Å². The van der Waals surface area contributed by atoms with E-state index in [2.05, 4.69) is 12.6 Å². The molecule has 3 N–H and O–H groups in total. The number of rotatable bonds is 5. The van der Waals surface area contributed by atoms with Gasteiger partial charge in [-0.25, -0.2) is 9.18 Å². The Bertz CT molecular complexity index is 410. The standard InChI is InChI=1S/C11H13FO4S/c12-6-1-2-7(11(15)16)8(5-6)10(14)9(13)3-4-17/h1-2,5,9-10,13-14,17H,3-4H2,(H,15,16). The van der Waals surface area contributed by atoms with Gasteiger partial charge < -0.3 is 15.3 Å². The van der Waals surface area contributed by atoms with Gasteiger partial charge in [0, 0.05) is 5.56 Å². The molecule has 0 fully saturated rings. The van der Waals surface area contributed by atoms with Crippen LogP contribution in [0.1, 0.15) is 28.4 Å². The Morgan fingerprint density at radius 1 is 1.41 bits per heavy atom. The summed E-state index contributed by atoms with van der Waals surface area (Å²) in [6, 6.07) is 2.96. The van der Waals surface area contributed by atoms with Gasteiger partial charge in [0.25, 0.3) is 0 Å². The number of benzene rings is 1. The van der Waals surface area contributed by atoms with Gasteiger partial charge in [-0.3, -0.25) is 0 Å². The molecular weight excluding hydrogens is 247 g/mol. The smallest absolute Gasteiger partial charge is 0.336 e. The lowest BCUT2D eigenvalue weighted by atomic mass is 9.97. The maximum absolute atomic E-state index is 13.0. The molecule has 1 aromatic carbocycles. The number of halogens is 1. The number of aliphatic hydroxyl groups excluding tert-OH is 2. The topological polar surface area (TPSA) is 77.8 Å². The minimum absolute atomic E-state index is 0.133. The van der Waals surface area contributed by atoms with E-state index >= 15 is 0 Å². The molecule has 2 unspecified atom stereocenters. The van der Waals surface area contributed by atoms with E-state index in [1.54, 1.807) is 0 Å². The van der Waals surface area contributed by atoms with Gasteiger partial charge in [-0.1, -0.05) is 0 Å². The van der Waals surface area contributed by atoms with Crippen molar-refractivity contribution in [2.45, 2.75) is 18.6 Å². The minimum atomic E-state index is -1.44. The molecule has 94 valence electrons. The summed E-state index contributed by atoms with van der Waals surface area (Å²) in [5.74, 6) is -1.62. The number of carboxylic acids is 1. The molecule has 4 nitrogen and oxygen atoms in total. The van der Waals surface area contributed by atoms with Crippen LogP contribution in [0.3, 0.4) is 0 Å². The summed E-state index contributed by atoms with van der Waals surface area (Å²) >= 11 is 3.89. The van der Waals surface area contributed by atoms with Crippen molar-refractivity contribution >= 4 is 18.6 Å². The van der Waals surface area contributed by atoms with Crippen LogP contribution in [0, 0.1) is 5.82 Å². The van der Waals surface area contributed by atoms with E-state index in [4.69, 9.17) is 5.11 Å². The molecule has 0 saturated carbocycles. The molecule has 0 aliphatic rings. The summed E-state index contributed by atoms with van der Waals surface area (Å²) in [6.45, 7) is 0. The van der Waals surface area contributed by atoms with Gasteiger partial charge >= 0.3 is 5.97 Å². The lowest BCUT2D eigenvalue weighted by molar-refractivity contribution is 0.0161. The van der Waals surface area contributed by atoms with Crippen molar-refractivity contribution in [3.05, 3.63) is 35.1 Å². The van der Waals surface area contributed by atoms with Gasteiger partial charge in [-0.05, 0) is 30.4 Å². The van der Waals surface area contributed by atoms with Crippen molar-refractivity contribution in [3.63, 3.8) is 0 Å². The second-order valence-corrected chi connectivity index (χ2v) is 4.01. The van der Waals surface area contributed by atoms with E-state index in [1.165, 1.54) is 0 Å². The summed E-state index contributed by atoms with van der Waals surface area (Å²) < 4.78 is 13.0. The molecular formula is C11H13FO4S. The maximum Gasteiger partial charge on any atom is 0.336 e. The SMILES string of the molecule is O=C(O)c1ccc(F)cc1C(O)C(O)CCS. The summed E-state index contributed by atoms with van der Waals surface area (Å²) in [7, 11) is 0. The Hall–Kier alpha value is -1.11. The second-order valence-electron chi connectivity index (χ2n) is 3.56. The summed E-state index contributed by atoms with van der Waals surface area (Å²) in [5, 5.41) is 28.2. The van der Waals surface area contributed by atoms with Crippen LogP contribution in [-0.2, 0) is 0 Å². The van der Waals surface area contributed by atoms with Crippen LogP contribution in [0.5, 0.6) is 0 Å².